The predicted octanol–water partition coefficient (Wildman–Crippen LogP) is 2.08. The van der Waals surface area contributed by atoms with Gasteiger partial charge in [-0.05, 0) is 49.4 Å². The summed E-state index contributed by atoms with van der Waals surface area (Å²) in [6, 6.07) is 4.30. The number of rotatable bonds is 1. The molecule has 0 aromatic heterocycles. The molecule has 0 radical (unpaired) electrons. The quantitative estimate of drug-likeness (QED) is 0.855. The molecule has 1 amide bonds. The van der Waals surface area contributed by atoms with Gasteiger partial charge < -0.3 is 10.0 Å². The lowest BCUT2D eigenvalue weighted by atomic mass is 9.91. The molecule has 0 aliphatic carbocycles. The number of carboxylic acid groups (broad SMARTS) is 1. The van der Waals surface area contributed by atoms with Crippen molar-refractivity contribution in [3.8, 4) is 0 Å². The Bertz CT molecular complexity index is 572. The first kappa shape index (κ1) is 13.1. The van der Waals surface area contributed by atoms with Crippen molar-refractivity contribution in [2.24, 2.45) is 5.92 Å². The number of amides is 1. The van der Waals surface area contributed by atoms with Crippen LogP contribution in [0.5, 0.6) is 0 Å². The maximum Gasteiger partial charge on any atom is 0.308 e. The number of fused-ring (bicyclic) bond motifs is 2. The largest absolute Gasteiger partial charge is 0.481 e. The number of carbonyl (C=O) groups is 2. The zero-order chi connectivity index (χ0) is 14.3. The zero-order valence-corrected chi connectivity index (χ0v) is 11.0. The smallest absolute Gasteiger partial charge is 0.308 e. The zero-order valence-electron chi connectivity index (χ0n) is 11.0. The van der Waals surface area contributed by atoms with E-state index >= 15 is 0 Å². The Labute approximate surface area is 116 Å². The summed E-state index contributed by atoms with van der Waals surface area (Å²) in [7, 11) is 0. The number of benzene rings is 1. The van der Waals surface area contributed by atoms with Gasteiger partial charge in [-0.25, -0.2) is 4.39 Å². The number of aliphatic carboxylic acids is 1. The minimum absolute atomic E-state index is 0.0774. The second kappa shape index (κ2) is 4.89. The van der Waals surface area contributed by atoms with Gasteiger partial charge in [0, 0.05) is 18.2 Å². The summed E-state index contributed by atoms with van der Waals surface area (Å²) in [4.78, 5) is 25.4. The van der Waals surface area contributed by atoms with Crippen molar-refractivity contribution in [1.29, 1.82) is 0 Å². The summed E-state index contributed by atoms with van der Waals surface area (Å²) < 4.78 is 13.3. The molecule has 1 N–H and O–H groups in total. The molecule has 2 aliphatic heterocycles. The molecule has 106 valence electrons. The Hall–Kier alpha value is -1.91. The van der Waals surface area contributed by atoms with Crippen LogP contribution in [0.1, 0.15) is 35.2 Å². The summed E-state index contributed by atoms with van der Waals surface area (Å²) in [5.74, 6) is -1.83. The van der Waals surface area contributed by atoms with Crippen LogP contribution in [0.15, 0.2) is 18.2 Å². The molecular weight excluding hydrogens is 261 g/mol. The summed E-state index contributed by atoms with van der Waals surface area (Å²) in [6.07, 6.45) is 2.75. The summed E-state index contributed by atoms with van der Waals surface area (Å²) >= 11 is 0. The highest BCUT2D eigenvalue weighted by Gasteiger charge is 2.37. The fourth-order valence-electron chi connectivity index (χ4n) is 3.23. The SMILES string of the molecule is O=C(O)[C@@H]1CC[C@H]2CCc3cc(F)ccc3C(=O)N2C1. The van der Waals surface area contributed by atoms with E-state index in [1.807, 2.05) is 0 Å². The van der Waals surface area contributed by atoms with Crippen molar-refractivity contribution in [2.45, 2.75) is 31.7 Å². The minimum Gasteiger partial charge on any atom is -0.481 e. The summed E-state index contributed by atoms with van der Waals surface area (Å²) in [5, 5.41) is 9.13. The van der Waals surface area contributed by atoms with E-state index in [1.165, 1.54) is 18.2 Å². The molecule has 2 aliphatic rings. The Morgan fingerprint density at radius 3 is 2.85 bits per heavy atom. The summed E-state index contributed by atoms with van der Waals surface area (Å²) in [5.41, 5.74) is 1.25. The van der Waals surface area contributed by atoms with Gasteiger partial charge in [0.1, 0.15) is 5.82 Å². The van der Waals surface area contributed by atoms with Gasteiger partial charge in [0.15, 0.2) is 0 Å². The first-order valence-corrected chi connectivity index (χ1v) is 6.88. The summed E-state index contributed by atoms with van der Waals surface area (Å²) in [6.45, 7) is 0.260. The molecule has 0 bridgehead atoms. The van der Waals surface area contributed by atoms with E-state index in [-0.39, 0.29) is 24.3 Å². The Balaban J connectivity index is 1.93. The first-order valence-electron chi connectivity index (χ1n) is 6.88. The lowest BCUT2D eigenvalue weighted by Gasteiger charge is -2.37. The Morgan fingerprint density at radius 2 is 2.10 bits per heavy atom. The van der Waals surface area contributed by atoms with Crippen LogP contribution < -0.4 is 0 Å². The molecule has 1 saturated heterocycles. The molecule has 1 fully saturated rings. The van der Waals surface area contributed by atoms with Crippen molar-refractivity contribution in [1.82, 2.24) is 4.90 Å². The number of halogens is 1. The molecule has 3 rings (SSSR count). The molecule has 4 nitrogen and oxygen atoms in total. The van der Waals surface area contributed by atoms with Crippen LogP contribution in [-0.4, -0.2) is 34.5 Å². The third kappa shape index (κ3) is 2.17. The van der Waals surface area contributed by atoms with E-state index in [1.54, 1.807) is 4.90 Å². The van der Waals surface area contributed by atoms with E-state index < -0.39 is 11.9 Å². The normalized spacial score (nSPS) is 25.6. The fraction of sp³-hybridized carbons (Fsp3) is 0.467. The Morgan fingerprint density at radius 1 is 1.30 bits per heavy atom. The van der Waals surface area contributed by atoms with Crippen LogP contribution in [0.4, 0.5) is 4.39 Å². The van der Waals surface area contributed by atoms with Crippen molar-refractivity contribution in [3.05, 3.63) is 35.1 Å². The second-order valence-corrected chi connectivity index (χ2v) is 5.56. The highest BCUT2D eigenvalue weighted by atomic mass is 19.1. The van der Waals surface area contributed by atoms with Gasteiger partial charge in [0.05, 0.1) is 5.92 Å². The maximum atomic E-state index is 13.3. The van der Waals surface area contributed by atoms with Crippen molar-refractivity contribution >= 4 is 11.9 Å². The van der Waals surface area contributed by atoms with Gasteiger partial charge in [0.2, 0.25) is 0 Å². The Kier molecular flexibility index (Phi) is 3.20. The highest BCUT2D eigenvalue weighted by Crippen LogP contribution is 2.31. The lowest BCUT2D eigenvalue weighted by Crippen LogP contribution is -2.47. The monoisotopic (exact) mass is 277 g/mol. The predicted molar refractivity (Wildman–Crippen MR) is 69.9 cm³/mol. The van der Waals surface area contributed by atoms with E-state index in [0.29, 0.717) is 24.8 Å². The first-order chi connectivity index (χ1) is 9.56. The highest BCUT2D eigenvalue weighted by molar-refractivity contribution is 5.96. The topological polar surface area (TPSA) is 57.6 Å². The average Bonchev–Trinajstić information content (AvgIpc) is 2.56. The molecule has 2 heterocycles. The van der Waals surface area contributed by atoms with Gasteiger partial charge in [-0.2, -0.15) is 0 Å². The number of aryl methyl sites for hydroxylation is 1. The van der Waals surface area contributed by atoms with Crippen molar-refractivity contribution in [3.63, 3.8) is 0 Å². The van der Waals surface area contributed by atoms with Gasteiger partial charge in [-0.3, -0.25) is 9.59 Å². The molecule has 0 saturated carbocycles. The number of hydrogen-bond donors (Lipinski definition) is 1. The average molecular weight is 277 g/mol. The number of hydrogen-bond acceptors (Lipinski definition) is 2. The maximum absolute atomic E-state index is 13.3. The van der Waals surface area contributed by atoms with Crippen LogP contribution in [-0.2, 0) is 11.2 Å². The third-order valence-corrected chi connectivity index (χ3v) is 4.36. The van der Waals surface area contributed by atoms with Gasteiger partial charge in [-0.1, -0.05) is 0 Å². The molecule has 2 atom stereocenters. The minimum atomic E-state index is -0.847. The van der Waals surface area contributed by atoms with Crippen LogP contribution >= 0.6 is 0 Å². The van der Waals surface area contributed by atoms with Crippen LogP contribution in [0.3, 0.4) is 0 Å². The van der Waals surface area contributed by atoms with E-state index in [4.69, 9.17) is 5.11 Å². The molecule has 5 heteroatoms. The van der Waals surface area contributed by atoms with Crippen LogP contribution in [0.25, 0.3) is 0 Å². The molecule has 1 aromatic rings. The number of piperidine rings is 1. The molecule has 0 spiro atoms. The number of nitrogens with zero attached hydrogens (tertiary/aromatic N) is 1. The van der Waals surface area contributed by atoms with Crippen molar-refractivity contribution < 1.29 is 19.1 Å². The molecule has 1 aromatic carbocycles. The van der Waals surface area contributed by atoms with Gasteiger partial charge in [-0.15, -0.1) is 0 Å². The molecule has 20 heavy (non-hydrogen) atoms. The van der Waals surface area contributed by atoms with Crippen LogP contribution in [0.2, 0.25) is 0 Å². The van der Waals surface area contributed by atoms with E-state index in [0.717, 1.165) is 12.0 Å². The third-order valence-electron chi connectivity index (χ3n) is 4.36. The van der Waals surface area contributed by atoms with E-state index in [9.17, 15) is 14.0 Å². The molecular formula is C15H16FNO3. The fourth-order valence-corrected chi connectivity index (χ4v) is 3.23. The second-order valence-electron chi connectivity index (χ2n) is 5.56. The number of carbonyl (C=O) groups excluding carboxylic acids is 1. The van der Waals surface area contributed by atoms with Gasteiger partial charge >= 0.3 is 5.97 Å². The molecule has 0 unspecified atom stereocenters. The standard InChI is InChI=1S/C15H16FNO3/c16-11-3-6-13-9(7-11)1-4-12-5-2-10(15(19)20)8-17(12)14(13)18/h3,6-7,10,12H,1-2,4-5,8H2,(H,19,20)/t10-,12-/m1/s1. The van der Waals surface area contributed by atoms with Gasteiger partial charge in [0.25, 0.3) is 5.91 Å². The van der Waals surface area contributed by atoms with Crippen LogP contribution in [0, 0.1) is 11.7 Å². The lowest BCUT2D eigenvalue weighted by molar-refractivity contribution is -0.143. The van der Waals surface area contributed by atoms with Crippen molar-refractivity contribution in [2.75, 3.05) is 6.54 Å². The number of carboxylic acids is 1. The van der Waals surface area contributed by atoms with E-state index in [2.05, 4.69) is 0 Å².